The molecule has 0 aromatic carbocycles. The molecule has 0 saturated heterocycles. The molecule has 0 saturated carbocycles. The van der Waals surface area contributed by atoms with Crippen molar-refractivity contribution in [1.29, 1.82) is 0 Å². The zero-order chi connectivity index (χ0) is 10.7. The number of carboxylic acid groups (broad SMARTS) is 1. The van der Waals surface area contributed by atoms with E-state index in [-0.39, 0.29) is 0 Å². The minimum atomic E-state index is -0.941. The molecule has 0 aliphatic carbocycles. The standard InChI is InChI=1S/C9H12N2O2S/c1-6-7(4-5-8(12)13)14-9(10-6)11(2)3/h4-5H,1-3H3,(H,12,13)/b5-4+. The van der Waals surface area contributed by atoms with E-state index < -0.39 is 5.97 Å². The van der Waals surface area contributed by atoms with Gasteiger partial charge in [-0.1, -0.05) is 11.3 Å². The van der Waals surface area contributed by atoms with E-state index in [9.17, 15) is 4.79 Å². The second kappa shape index (κ2) is 4.23. The van der Waals surface area contributed by atoms with Gasteiger partial charge in [-0.3, -0.25) is 0 Å². The summed E-state index contributed by atoms with van der Waals surface area (Å²) in [5.74, 6) is -0.941. The van der Waals surface area contributed by atoms with Crippen LogP contribution in [0.1, 0.15) is 10.6 Å². The van der Waals surface area contributed by atoms with Crippen LogP contribution in [0.3, 0.4) is 0 Å². The Morgan fingerprint density at radius 1 is 1.57 bits per heavy atom. The number of rotatable bonds is 3. The zero-order valence-corrected chi connectivity index (χ0v) is 9.13. The van der Waals surface area contributed by atoms with Gasteiger partial charge >= 0.3 is 5.97 Å². The third-order valence-electron chi connectivity index (χ3n) is 1.58. The molecular weight excluding hydrogens is 200 g/mol. The number of nitrogens with zero attached hydrogens (tertiary/aromatic N) is 2. The normalized spacial score (nSPS) is 10.8. The van der Waals surface area contributed by atoms with E-state index in [1.165, 1.54) is 11.3 Å². The first kappa shape index (κ1) is 10.7. The monoisotopic (exact) mass is 212 g/mol. The molecule has 1 heterocycles. The van der Waals surface area contributed by atoms with Gasteiger partial charge in [0.15, 0.2) is 5.13 Å². The summed E-state index contributed by atoms with van der Waals surface area (Å²) >= 11 is 1.47. The van der Waals surface area contributed by atoms with Crippen LogP contribution in [0.15, 0.2) is 6.08 Å². The lowest BCUT2D eigenvalue weighted by Crippen LogP contribution is -2.07. The van der Waals surface area contributed by atoms with Crippen LogP contribution in [-0.4, -0.2) is 30.2 Å². The van der Waals surface area contributed by atoms with E-state index >= 15 is 0 Å². The predicted molar refractivity (Wildman–Crippen MR) is 57.8 cm³/mol. The summed E-state index contributed by atoms with van der Waals surface area (Å²) < 4.78 is 0. The molecule has 0 radical (unpaired) electrons. The molecule has 0 amide bonds. The number of aromatic nitrogens is 1. The lowest BCUT2D eigenvalue weighted by Gasteiger charge is -2.04. The average molecular weight is 212 g/mol. The van der Waals surface area contributed by atoms with Gasteiger partial charge in [0.05, 0.1) is 10.6 Å². The van der Waals surface area contributed by atoms with Gasteiger partial charge in [0, 0.05) is 20.2 Å². The predicted octanol–water partition coefficient (Wildman–Crippen LogP) is 1.62. The van der Waals surface area contributed by atoms with Crippen LogP contribution in [0.4, 0.5) is 5.13 Å². The van der Waals surface area contributed by atoms with Gasteiger partial charge in [0.25, 0.3) is 0 Å². The first-order valence-electron chi connectivity index (χ1n) is 4.06. The van der Waals surface area contributed by atoms with E-state index in [4.69, 9.17) is 5.11 Å². The fourth-order valence-electron chi connectivity index (χ4n) is 0.886. The second-order valence-corrected chi connectivity index (χ2v) is 4.02. The van der Waals surface area contributed by atoms with E-state index in [2.05, 4.69) is 4.98 Å². The number of anilines is 1. The third kappa shape index (κ3) is 2.56. The van der Waals surface area contributed by atoms with Gasteiger partial charge in [0.1, 0.15) is 0 Å². The Bertz CT molecular complexity index is 369. The quantitative estimate of drug-likeness (QED) is 0.773. The van der Waals surface area contributed by atoms with Crippen LogP contribution < -0.4 is 4.90 Å². The Morgan fingerprint density at radius 3 is 2.64 bits per heavy atom. The van der Waals surface area contributed by atoms with E-state index in [0.29, 0.717) is 0 Å². The topological polar surface area (TPSA) is 53.4 Å². The third-order valence-corrected chi connectivity index (χ3v) is 2.87. The molecule has 5 heteroatoms. The highest BCUT2D eigenvalue weighted by atomic mass is 32.1. The Morgan fingerprint density at radius 2 is 2.21 bits per heavy atom. The Kier molecular flexibility index (Phi) is 3.24. The number of carboxylic acids is 1. The summed E-state index contributed by atoms with van der Waals surface area (Å²) in [6.07, 6.45) is 2.70. The smallest absolute Gasteiger partial charge is 0.328 e. The van der Waals surface area contributed by atoms with E-state index in [0.717, 1.165) is 21.8 Å². The lowest BCUT2D eigenvalue weighted by molar-refractivity contribution is -0.131. The van der Waals surface area contributed by atoms with Crippen LogP contribution in [0, 0.1) is 6.92 Å². The summed E-state index contributed by atoms with van der Waals surface area (Å²) in [4.78, 5) is 17.4. The fraction of sp³-hybridized carbons (Fsp3) is 0.333. The van der Waals surface area contributed by atoms with Gasteiger partial charge in [-0.05, 0) is 13.0 Å². The molecule has 0 atom stereocenters. The Hall–Kier alpha value is -1.36. The number of aryl methyl sites for hydroxylation is 1. The molecule has 14 heavy (non-hydrogen) atoms. The molecule has 0 aliphatic rings. The molecule has 1 rings (SSSR count). The molecule has 76 valence electrons. The number of hydrogen-bond acceptors (Lipinski definition) is 4. The Labute approximate surface area is 86.5 Å². The van der Waals surface area contributed by atoms with Gasteiger partial charge < -0.3 is 10.0 Å². The van der Waals surface area contributed by atoms with E-state index in [1.54, 1.807) is 6.08 Å². The second-order valence-electron chi connectivity index (χ2n) is 3.01. The number of hydrogen-bond donors (Lipinski definition) is 1. The van der Waals surface area contributed by atoms with Gasteiger partial charge in [-0.25, -0.2) is 9.78 Å². The van der Waals surface area contributed by atoms with Gasteiger partial charge in [0.2, 0.25) is 0 Å². The number of thiazole rings is 1. The van der Waals surface area contributed by atoms with Crippen molar-refractivity contribution in [3.8, 4) is 0 Å². The summed E-state index contributed by atoms with van der Waals surface area (Å²) in [6.45, 7) is 1.87. The average Bonchev–Trinajstić information content (AvgIpc) is 2.43. The first-order valence-corrected chi connectivity index (χ1v) is 4.88. The molecule has 0 unspecified atom stereocenters. The lowest BCUT2D eigenvalue weighted by atomic mass is 10.3. The maximum Gasteiger partial charge on any atom is 0.328 e. The molecule has 1 aromatic heterocycles. The van der Waals surface area contributed by atoms with Gasteiger partial charge in [-0.15, -0.1) is 0 Å². The molecule has 0 fully saturated rings. The maximum absolute atomic E-state index is 10.3. The summed E-state index contributed by atoms with van der Waals surface area (Å²) in [5.41, 5.74) is 0.858. The Balaban J connectivity index is 2.93. The van der Waals surface area contributed by atoms with Crippen LogP contribution in [-0.2, 0) is 4.79 Å². The molecule has 0 bridgehead atoms. The zero-order valence-electron chi connectivity index (χ0n) is 8.31. The van der Waals surface area contributed by atoms with Crippen LogP contribution in [0.2, 0.25) is 0 Å². The van der Waals surface area contributed by atoms with Crippen molar-refractivity contribution in [2.24, 2.45) is 0 Å². The summed E-state index contributed by atoms with van der Waals surface area (Å²) in [6, 6.07) is 0. The van der Waals surface area contributed by atoms with Crippen molar-refractivity contribution in [1.82, 2.24) is 4.98 Å². The molecule has 4 nitrogen and oxygen atoms in total. The fourth-order valence-corrected chi connectivity index (χ4v) is 1.78. The van der Waals surface area contributed by atoms with E-state index in [1.807, 2.05) is 25.9 Å². The van der Waals surface area contributed by atoms with Crippen LogP contribution in [0.5, 0.6) is 0 Å². The van der Waals surface area contributed by atoms with Crippen molar-refractivity contribution < 1.29 is 9.90 Å². The van der Waals surface area contributed by atoms with Crippen molar-refractivity contribution in [2.45, 2.75) is 6.92 Å². The summed E-state index contributed by atoms with van der Waals surface area (Å²) in [5, 5.41) is 9.35. The molecule has 1 N–H and O–H groups in total. The molecular formula is C9H12N2O2S. The SMILES string of the molecule is Cc1nc(N(C)C)sc1/C=C/C(=O)O. The largest absolute Gasteiger partial charge is 0.478 e. The minimum absolute atomic E-state index is 0.858. The highest BCUT2D eigenvalue weighted by Crippen LogP contribution is 2.25. The van der Waals surface area contributed by atoms with Crippen molar-refractivity contribution in [2.75, 3.05) is 19.0 Å². The molecule has 1 aromatic rings. The highest BCUT2D eigenvalue weighted by Gasteiger charge is 2.06. The van der Waals surface area contributed by atoms with Crippen molar-refractivity contribution >= 4 is 28.5 Å². The maximum atomic E-state index is 10.3. The van der Waals surface area contributed by atoms with Crippen molar-refractivity contribution in [3.05, 3.63) is 16.6 Å². The van der Waals surface area contributed by atoms with Crippen LogP contribution in [0.25, 0.3) is 6.08 Å². The van der Waals surface area contributed by atoms with Gasteiger partial charge in [-0.2, -0.15) is 0 Å². The highest BCUT2D eigenvalue weighted by molar-refractivity contribution is 7.16. The number of carbonyl (C=O) groups is 1. The molecule has 0 spiro atoms. The first-order chi connectivity index (χ1) is 6.50. The summed E-state index contributed by atoms with van der Waals surface area (Å²) in [7, 11) is 3.81. The van der Waals surface area contributed by atoms with Crippen molar-refractivity contribution in [3.63, 3.8) is 0 Å². The molecule has 0 aliphatic heterocycles. The minimum Gasteiger partial charge on any atom is -0.478 e. The number of aliphatic carboxylic acids is 1. The van der Waals surface area contributed by atoms with Crippen LogP contribution >= 0.6 is 11.3 Å².